The molecule has 29 heavy (non-hydrogen) atoms. The van der Waals surface area contributed by atoms with Crippen LogP contribution in [0.3, 0.4) is 0 Å². The van der Waals surface area contributed by atoms with E-state index in [0.29, 0.717) is 25.3 Å². The van der Waals surface area contributed by atoms with Gasteiger partial charge in [-0.1, -0.05) is 53.2 Å². The highest BCUT2D eigenvalue weighted by Crippen LogP contribution is 2.14. The Morgan fingerprint density at radius 2 is 1.72 bits per heavy atom. The normalized spacial score (nSPS) is 10.4. The number of rotatable bonds is 8. The van der Waals surface area contributed by atoms with Crippen molar-refractivity contribution in [1.82, 2.24) is 19.9 Å². The molecule has 3 rings (SSSR count). The highest BCUT2D eigenvalue weighted by Gasteiger charge is 2.18. The molecule has 1 aromatic heterocycles. The zero-order chi connectivity index (χ0) is 19.9. The van der Waals surface area contributed by atoms with Gasteiger partial charge in [0.25, 0.3) is 0 Å². The summed E-state index contributed by atoms with van der Waals surface area (Å²) in [4.78, 5) is 14.7. The Balaban J connectivity index is 0.00000300. The highest BCUT2D eigenvalue weighted by atomic mass is 35.5. The standard InChI is InChI=1S/C22H27N5O.ClH/c1-17-8-10-20(11-9-17)27-18(2)21(24-25-27)16-22(28)26(15-13-23)14-12-19-6-4-3-5-7-19;/h3-11H,12-16,23H2,1-2H3;1H. The average Bonchev–Trinajstić information content (AvgIpc) is 3.07. The second-order valence-electron chi connectivity index (χ2n) is 6.95. The van der Waals surface area contributed by atoms with E-state index in [1.54, 1.807) is 4.68 Å². The molecule has 0 bridgehead atoms. The van der Waals surface area contributed by atoms with Crippen molar-refractivity contribution in [1.29, 1.82) is 0 Å². The van der Waals surface area contributed by atoms with Gasteiger partial charge in [0.2, 0.25) is 5.91 Å². The SMILES string of the molecule is Cc1ccc(-n2nnc(CC(=O)N(CCN)CCc3ccccc3)c2C)cc1.Cl. The number of nitrogens with two attached hydrogens (primary N) is 1. The summed E-state index contributed by atoms with van der Waals surface area (Å²) < 4.78 is 1.78. The summed E-state index contributed by atoms with van der Waals surface area (Å²) in [6.45, 7) is 5.61. The van der Waals surface area contributed by atoms with Gasteiger partial charge in [-0.25, -0.2) is 4.68 Å². The molecule has 1 amide bonds. The number of carbonyl (C=O) groups excluding carboxylic acids is 1. The van der Waals surface area contributed by atoms with Gasteiger partial charge in [0.15, 0.2) is 0 Å². The van der Waals surface area contributed by atoms with E-state index >= 15 is 0 Å². The number of aromatic nitrogens is 3. The number of amides is 1. The van der Waals surface area contributed by atoms with E-state index in [9.17, 15) is 4.79 Å². The minimum absolute atomic E-state index is 0. The Kier molecular flexibility index (Phi) is 8.36. The number of aryl methyl sites for hydroxylation is 1. The molecule has 7 heteroatoms. The van der Waals surface area contributed by atoms with E-state index in [2.05, 4.69) is 22.4 Å². The van der Waals surface area contributed by atoms with Crippen LogP contribution in [0.2, 0.25) is 0 Å². The first kappa shape index (κ1) is 22.6. The van der Waals surface area contributed by atoms with E-state index in [1.165, 1.54) is 11.1 Å². The van der Waals surface area contributed by atoms with E-state index in [1.807, 2.05) is 61.2 Å². The smallest absolute Gasteiger partial charge is 0.228 e. The second-order valence-corrected chi connectivity index (χ2v) is 6.95. The van der Waals surface area contributed by atoms with Gasteiger partial charge in [-0.3, -0.25) is 4.79 Å². The molecular formula is C22H28ClN5O. The third-order valence-corrected chi connectivity index (χ3v) is 4.85. The van der Waals surface area contributed by atoms with Crippen LogP contribution in [-0.2, 0) is 17.6 Å². The zero-order valence-electron chi connectivity index (χ0n) is 16.9. The van der Waals surface area contributed by atoms with E-state index in [-0.39, 0.29) is 24.7 Å². The van der Waals surface area contributed by atoms with Crippen LogP contribution in [0.15, 0.2) is 54.6 Å². The molecule has 0 aliphatic rings. The minimum Gasteiger partial charge on any atom is -0.341 e. The summed E-state index contributed by atoms with van der Waals surface area (Å²) in [5.74, 6) is 0.0282. The Bertz CT molecular complexity index is 909. The van der Waals surface area contributed by atoms with Gasteiger partial charge >= 0.3 is 0 Å². The Morgan fingerprint density at radius 1 is 1.03 bits per heavy atom. The van der Waals surface area contributed by atoms with E-state index < -0.39 is 0 Å². The third kappa shape index (κ3) is 5.89. The molecule has 0 aliphatic carbocycles. The first-order valence-corrected chi connectivity index (χ1v) is 9.58. The largest absolute Gasteiger partial charge is 0.341 e. The first-order chi connectivity index (χ1) is 13.6. The molecule has 0 atom stereocenters. The summed E-state index contributed by atoms with van der Waals surface area (Å²) in [7, 11) is 0. The molecule has 0 spiro atoms. The molecule has 0 unspecified atom stereocenters. The van der Waals surface area contributed by atoms with Gasteiger partial charge in [-0.05, 0) is 38.0 Å². The lowest BCUT2D eigenvalue weighted by Gasteiger charge is -2.22. The lowest BCUT2D eigenvalue weighted by Crippen LogP contribution is -2.38. The second kappa shape index (κ2) is 10.7. The fraction of sp³-hybridized carbons (Fsp3) is 0.318. The molecule has 0 aliphatic heterocycles. The van der Waals surface area contributed by atoms with Crippen LogP contribution in [0.5, 0.6) is 0 Å². The molecule has 0 fully saturated rings. The van der Waals surface area contributed by atoms with Crippen LogP contribution in [-0.4, -0.2) is 45.4 Å². The lowest BCUT2D eigenvalue weighted by molar-refractivity contribution is -0.130. The van der Waals surface area contributed by atoms with Crippen LogP contribution in [0.1, 0.15) is 22.5 Å². The third-order valence-electron chi connectivity index (χ3n) is 4.85. The molecule has 0 saturated heterocycles. The average molecular weight is 414 g/mol. The van der Waals surface area contributed by atoms with E-state index in [0.717, 1.165) is 17.8 Å². The number of halogens is 1. The van der Waals surface area contributed by atoms with Crippen molar-refractivity contribution in [3.05, 3.63) is 77.1 Å². The summed E-state index contributed by atoms with van der Waals surface area (Å²) in [5, 5.41) is 8.49. The quantitative estimate of drug-likeness (QED) is 0.616. The van der Waals surface area contributed by atoms with Crippen molar-refractivity contribution >= 4 is 18.3 Å². The Labute approximate surface area is 178 Å². The number of carbonyl (C=O) groups is 1. The number of hydrogen-bond acceptors (Lipinski definition) is 4. The summed E-state index contributed by atoms with van der Waals surface area (Å²) in [5.41, 5.74) is 10.6. The van der Waals surface area contributed by atoms with Crippen LogP contribution in [0.25, 0.3) is 5.69 Å². The van der Waals surface area contributed by atoms with Crippen LogP contribution >= 0.6 is 12.4 Å². The van der Waals surface area contributed by atoms with Crippen molar-refractivity contribution < 1.29 is 4.79 Å². The fourth-order valence-electron chi connectivity index (χ4n) is 3.14. The lowest BCUT2D eigenvalue weighted by atomic mass is 10.1. The molecule has 3 aromatic rings. The molecule has 1 heterocycles. The predicted octanol–water partition coefficient (Wildman–Crippen LogP) is 2.88. The summed E-state index contributed by atoms with van der Waals surface area (Å²) in [6.07, 6.45) is 1.04. The van der Waals surface area contributed by atoms with Crippen molar-refractivity contribution in [2.75, 3.05) is 19.6 Å². The van der Waals surface area contributed by atoms with Crippen LogP contribution < -0.4 is 5.73 Å². The molecule has 0 saturated carbocycles. The summed E-state index contributed by atoms with van der Waals surface area (Å²) in [6, 6.07) is 18.2. The van der Waals surface area contributed by atoms with Gasteiger partial charge < -0.3 is 10.6 Å². The molecule has 2 aromatic carbocycles. The van der Waals surface area contributed by atoms with E-state index in [4.69, 9.17) is 5.73 Å². The monoisotopic (exact) mass is 413 g/mol. The fourth-order valence-corrected chi connectivity index (χ4v) is 3.14. The maximum atomic E-state index is 12.9. The topological polar surface area (TPSA) is 77.0 Å². The van der Waals surface area contributed by atoms with Gasteiger partial charge in [0.05, 0.1) is 23.5 Å². The van der Waals surface area contributed by atoms with Crippen LogP contribution in [0.4, 0.5) is 0 Å². The summed E-state index contributed by atoms with van der Waals surface area (Å²) >= 11 is 0. The van der Waals surface area contributed by atoms with Gasteiger partial charge in [-0.2, -0.15) is 0 Å². The van der Waals surface area contributed by atoms with Crippen LogP contribution in [0, 0.1) is 13.8 Å². The first-order valence-electron chi connectivity index (χ1n) is 9.58. The minimum atomic E-state index is 0. The maximum absolute atomic E-state index is 12.9. The number of nitrogens with zero attached hydrogens (tertiary/aromatic N) is 4. The maximum Gasteiger partial charge on any atom is 0.228 e. The van der Waals surface area contributed by atoms with Crippen molar-refractivity contribution in [2.45, 2.75) is 26.7 Å². The van der Waals surface area contributed by atoms with Gasteiger partial charge in [0, 0.05) is 19.6 Å². The van der Waals surface area contributed by atoms with Crippen molar-refractivity contribution in [3.63, 3.8) is 0 Å². The molecular weight excluding hydrogens is 386 g/mol. The zero-order valence-corrected chi connectivity index (χ0v) is 17.7. The number of benzene rings is 2. The molecule has 6 nitrogen and oxygen atoms in total. The Hall–Kier alpha value is -2.70. The predicted molar refractivity (Wildman–Crippen MR) is 118 cm³/mol. The van der Waals surface area contributed by atoms with Gasteiger partial charge in [0.1, 0.15) is 0 Å². The van der Waals surface area contributed by atoms with Gasteiger partial charge in [-0.15, -0.1) is 17.5 Å². The number of hydrogen-bond donors (Lipinski definition) is 1. The molecule has 154 valence electrons. The van der Waals surface area contributed by atoms with Crippen molar-refractivity contribution in [3.8, 4) is 5.69 Å². The molecule has 2 N–H and O–H groups in total. The highest BCUT2D eigenvalue weighted by molar-refractivity contribution is 5.85. The van der Waals surface area contributed by atoms with Crippen molar-refractivity contribution in [2.24, 2.45) is 5.73 Å². The Morgan fingerprint density at radius 3 is 2.38 bits per heavy atom. The molecule has 0 radical (unpaired) electrons.